The molecule has 0 aliphatic carbocycles. The molecular formula is C25H29N3O4. The van der Waals surface area contributed by atoms with Crippen molar-refractivity contribution in [1.82, 2.24) is 14.4 Å². The molecule has 0 bridgehead atoms. The van der Waals surface area contributed by atoms with Gasteiger partial charge in [-0.25, -0.2) is 0 Å². The minimum absolute atomic E-state index is 0.0493. The Morgan fingerprint density at radius 3 is 2.59 bits per heavy atom. The predicted molar refractivity (Wildman–Crippen MR) is 123 cm³/mol. The standard InChI is InChI=1S/C25H29N3O4/c1-17(2)15-28-22(14-20-9-12-32-25(20)28)24(30)26-10-11-27(18(3)16-26)23(29)13-19-5-7-21(31-4)8-6-19/h5-9,12,14,18H,1,10-11,13,15-16H2,2-4H3. The van der Waals surface area contributed by atoms with Gasteiger partial charge in [0.1, 0.15) is 11.4 Å². The molecule has 0 radical (unpaired) electrons. The van der Waals surface area contributed by atoms with E-state index in [0.717, 1.165) is 22.3 Å². The molecule has 1 aliphatic rings. The van der Waals surface area contributed by atoms with Crippen molar-refractivity contribution < 1.29 is 18.7 Å². The molecule has 4 rings (SSSR count). The van der Waals surface area contributed by atoms with Crippen molar-refractivity contribution in [3.05, 3.63) is 66.1 Å². The number of carbonyl (C=O) groups is 2. The van der Waals surface area contributed by atoms with Crippen molar-refractivity contribution in [3.8, 4) is 5.75 Å². The van der Waals surface area contributed by atoms with Crippen LogP contribution in [-0.4, -0.2) is 59.0 Å². The monoisotopic (exact) mass is 435 g/mol. The number of hydrogen-bond donors (Lipinski definition) is 0. The molecule has 7 nitrogen and oxygen atoms in total. The summed E-state index contributed by atoms with van der Waals surface area (Å²) in [6.07, 6.45) is 1.96. The van der Waals surface area contributed by atoms with Gasteiger partial charge in [0.15, 0.2) is 0 Å². The number of allylic oxidation sites excluding steroid dienone is 1. The number of carbonyl (C=O) groups excluding carboxylic acids is 2. The maximum Gasteiger partial charge on any atom is 0.270 e. The zero-order valence-electron chi connectivity index (χ0n) is 18.8. The maximum atomic E-state index is 13.4. The molecule has 2 aromatic heterocycles. The summed E-state index contributed by atoms with van der Waals surface area (Å²) in [4.78, 5) is 30.0. The number of amides is 2. The van der Waals surface area contributed by atoms with Crippen molar-refractivity contribution in [2.45, 2.75) is 32.9 Å². The number of aromatic nitrogens is 1. The average molecular weight is 436 g/mol. The summed E-state index contributed by atoms with van der Waals surface area (Å²) in [6, 6.07) is 11.2. The Morgan fingerprint density at radius 2 is 1.94 bits per heavy atom. The van der Waals surface area contributed by atoms with Gasteiger partial charge in [0.2, 0.25) is 11.6 Å². The molecule has 1 unspecified atom stereocenters. The minimum atomic E-state index is -0.0639. The van der Waals surface area contributed by atoms with Crippen LogP contribution in [0.25, 0.3) is 11.1 Å². The van der Waals surface area contributed by atoms with E-state index in [-0.39, 0.29) is 17.9 Å². The first-order valence-electron chi connectivity index (χ1n) is 10.8. The normalized spacial score (nSPS) is 16.4. The third kappa shape index (κ3) is 4.28. The van der Waals surface area contributed by atoms with Crippen molar-refractivity contribution in [1.29, 1.82) is 0 Å². The summed E-state index contributed by atoms with van der Waals surface area (Å²) in [5, 5.41) is 0.899. The van der Waals surface area contributed by atoms with Gasteiger partial charge in [-0.3, -0.25) is 9.59 Å². The highest BCUT2D eigenvalue weighted by atomic mass is 16.5. The fourth-order valence-electron chi connectivity index (χ4n) is 4.27. The number of furan rings is 1. The molecule has 0 saturated carbocycles. The summed E-state index contributed by atoms with van der Waals surface area (Å²) in [5.74, 6) is 0.787. The quantitative estimate of drug-likeness (QED) is 0.553. The maximum absolute atomic E-state index is 13.4. The molecule has 32 heavy (non-hydrogen) atoms. The zero-order valence-corrected chi connectivity index (χ0v) is 18.8. The van der Waals surface area contributed by atoms with Crippen LogP contribution in [0.4, 0.5) is 0 Å². The number of ether oxygens (including phenoxy) is 1. The van der Waals surface area contributed by atoms with E-state index in [1.54, 1.807) is 13.4 Å². The SMILES string of the molecule is C=C(C)Cn1c(C(=O)N2CCN(C(=O)Cc3ccc(OC)cc3)C(C)C2)cc2ccoc21. The molecule has 1 saturated heterocycles. The third-order valence-electron chi connectivity index (χ3n) is 5.90. The first-order valence-corrected chi connectivity index (χ1v) is 10.8. The van der Waals surface area contributed by atoms with E-state index in [1.165, 1.54) is 0 Å². The summed E-state index contributed by atoms with van der Waals surface area (Å²) in [5.41, 5.74) is 3.15. The van der Waals surface area contributed by atoms with Gasteiger partial charge < -0.3 is 23.5 Å². The van der Waals surface area contributed by atoms with E-state index in [9.17, 15) is 9.59 Å². The van der Waals surface area contributed by atoms with E-state index >= 15 is 0 Å². The number of fused-ring (bicyclic) bond motifs is 1. The highest BCUT2D eigenvalue weighted by Crippen LogP contribution is 2.24. The number of benzene rings is 1. The Balaban J connectivity index is 1.44. The second-order valence-corrected chi connectivity index (χ2v) is 8.47. The molecule has 3 aromatic rings. The summed E-state index contributed by atoms with van der Waals surface area (Å²) >= 11 is 0. The smallest absolute Gasteiger partial charge is 0.270 e. The second kappa shape index (κ2) is 8.94. The van der Waals surface area contributed by atoms with E-state index in [0.29, 0.717) is 44.0 Å². The lowest BCUT2D eigenvalue weighted by atomic mass is 10.1. The number of methoxy groups -OCH3 is 1. The molecule has 1 aromatic carbocycles. The fourth-order valence-corrected chi connectivity index (χ4v) is 4.27. The summed E-state index contributed by atoms with van der Waals surface area (Å²) < 4.78 is 12.7. The molecule has 0 spiro atoms. The highest BCUT2D eigenvalue weighted by Gasteiger charge is 2.31. The van der Waals surface area contributed by atoms with Crippen molar-refractivity contribution in [3.63, 3.8) is 0 Å². The van der Waals surface area contributed by atoms with E-state index in [2.05, 4.69) is 6.58 Å². The Bertz CT molecular complexity index is 1140. The lowest BCUT2D eigenvalue weighted by Gasteiger charge is -2.40. The van der Waals surface area contributed by atoms with Gasteiger partial charge >= 0.3 is 0 Å². The lowest BCUT2D eigenvalue weighted by Crippen LogP contribution is -2.56. The van der Waals surface area contributed by atoms with Gasteiger partial charge in [-0.15, -0.1) is 0 Å². The van der Waals surface area contributed by atoms with Crippen LogP contribution in [0.1, 0.15) is 29.9 Å². The minimum Gasteiger partial charge on any atom is -0.497 e. The van der Waals surface area contributed by atoms with Crippen LogP contribution in [0.2, 0.25) is 0 Å². The largest absolute Gasteiger partial charge is 0.497 e. The fraction of sp³-hybridized carbons (Fsp3) is 0.360. The summed E-state index contributed by atoms with van der Waals surface area (Å²) in [6.45, 7) is 9.92. The molecular weight excluding hydrogens is 406 g/mol. The Labute approximate surface area is 187 Å². The predicted octanol–water partition coefficient (Wildman–Crippen LogP) is 3.73. The van der Waals surface area contributed by atoms with E-state index in [1.807, 2.05) is 64.6 Å². The van der Waals surface area contributed by atoms with Gasteiger partial charge in [0, 0.05) is 37.6 Å². The summed E-state index contributed by atoms with van der Waals surface area (Å²) in [7, 11) is 1.62. The number of hydrogen-bond acceptors (Lipinski definition) is 4. The van der Waals surface area contributed by atoms with Gasteiger partial charge in [0.05, 0.1) is 19.8 Å². The molecule has 168 valence electrons. The van der Waals surface area contributed by atoms with Gasteiger partial charge in [-0.2, -0.15) is 0 Å². The van der Waals surface area contributed by atoms with Crippen LogP contribution < -0.4 is 4.74 Å². The Kier molecular flexibility index (Phi) is 6.08. The Morgan fingerprint density at radius 1 is 1.19 bits per heavy atom. The van der Waals surface area contributed by atoms with Crippen LogP contribution >= 0.6 is 0 Å². The topological polar surface area (TPSA) is 67.9 Å². The van der Waals surface area contributed by atoms with Crippen LogP contribution in [0.15, 0.2) is 59.2 Å². The molecule has 1 fully saturated rings. The first-order chi connectivity index (χ1) is 15.4. The van der Waals surface area contributed by atoms with E-state index in [4.69, 9.17) is 9.15 Å². The van der Waals surface area contributed by atoms with Crippen molar-refractivity contribution in [2.75, 3.05) is 26.7 Å². The first kappa shape index (κ1) is 21.7. The molecule has 0 N–H and O–H groups in total. The Hall–Kier alpha value is -3.48. The third-order valence-corrected chi connectivity index (χ3v) is 5.90. The highest BCUT2D eigenvalue weighted by molar-refractivity contribution is 5.98. The van der Waals surface area contributed by atoms with Crippen LogP contribution in [-0.2, 0) is 17.8 Å². The number of nitrogens with zero attached hydrogens (tertiary/aromatic N) is 3. The molecule has 2 amide bonds. The van der Waals surface area contributed by atoms with Gasteiger partial charge in [0.25, 0.3) is 5.91 Å². The molecule has 7 heteroatoms. The second-order valence-electron chi connectivity index (χ2n) is 8.47. The lowest BCUT2D eigenvalue weighted by molar-refractivity contribution is -0.134. The molecule has 1 aliphatic heterocycles. The van der Waals surface area contributed by atoms with Crippen LogP contribution in [0.3, 0.4) is 0 Å². The van der Waals surface area contributed by atoms with Crippen molar-refractivity contribution in [2.24, 2.45) is 0 Å². The van der Waals surface area contributed by atoms with E-state index < -0.39 is 0 Å². The van der Waals surface area contributed by atoms with Crippen LogP contribution in [0.5, 0.6) is 5.75 Å². The number of rotatable bonds is 6. The molecule has 1 atom stereocenters. The zero-order chi connectivity index (χ0) is 22.8. The van der Waals surface area contributed by atoms with Gasteiger partial charge in [-0.1, -0.05) is 24.3 Å². The average Bonchev–Trinajstić information content (AvgIpc) is 3.36. The van der Waals surface area contributed by atoms with Crippen molar-refractivity contribution >= 4 is 22.9 Å². The van der Waals surface area contributed by atoms with Crippen LogP contribution in [0, 0.1) is 0 Å². The molecule has 3 heterocycles. The number of piperazine rings is 1. The van der Waals surface area contributed by atoms with Gasteiger partial charge in [-0.05, 0) is 43.7 Å².